The van der Waals surface area contributed by atoms with Crippen molar-refractivity contribution in [2.75, 3.05) is 12.3 Å². The van der Waals surface area contributed by atoms with Crippen LogP contribution in [0.15, 0.2) is 70.6 Å². The molecule has 1 aromatic heterocycles. The summed E-state index contributed by atoms with van der Waals surface area (Å²) in [6.07, 6.45) is 8.26. The molecular formula is C27H29N3OS3. The molecule has 7 heteroatoms. The van der Waals surface area contributed by atoms with Crippen molar-refractivity contribution < 1.29 is 4.79 Å². The number of unbranched alkanes of at least 4 members (excludes halogenated alkanes) is 2. The minimum absolute atomic E-state index is 0.00386. The maximum atomic E-state index is 13.1. The van der Waals surface area contributed by atoms with Gasteiger partial charge in [0, 0.05) is 28.8 Å². The van der Waals surface area contributed by atoms with Gasteiger partial charge in [-0.2, -0.15) is 5.10 Å². The maximum Gasteiger partial charge on any atom is 0.266 e. The molecule has 34 heavy (non-hydrogen) atoms. The maximum absolute atomic E-state index is 13.1. The molecule has 0 bridgehead atoms. The van der Waals surface area contributed by atoms with Crippen molar-refractivity contribution in [3.63, 3.8) is 0 Å². The van der Waals surface area contributed by atoms with E-state index in [2.05, 4.69) is 38.1 Å². The standard InChI is InChI=1S/C27H29N3OS3/c1-3-5-9-16-29-26(31)24(34-27(29)32)18-21-19-30(22-10-7-6-8-11-22)28-25(21)20-12-14-23(15-13-20)33-17-4-2/h6-8,10-15,18-19H,3-5,9,16-17H2,1-2H3/b24-18-. The minimum Gasteiger partial charge on any atom is -0.293 e. The molecular weight excluding hydrogens is 479 g/mol. The average molecular weight is 508 g/mol. The van der Waals surface area contributed by atoms with Gasteiger partial charge in [0.2, 0.25) is 0 Å². The summed E-state index contributed by atoms with van der Waals surface area (Å²) < 4.78 is 2.52. The zero-order valence-electron chi connectivity index (χ0n) is 19.6. The number of carbonyl (C=O) groups excluding carboxylic acids is 1. The number of thioether (sulfide) groups is 2. The number of para-hydroxylation sites is 1. The average Bonchev–Trinajstić information content (AvgIpc) is 3.40. The van der Waals surface area contributed by atoms with Gasteiger partial charge in [0.1, 0.15) is 4.32 Å². The van der Waals surface area contributed by atoms with Gasteiger partial charge in [-0.3, -0.25) is 9.69 Å². The van der Waals surface area contributed by atoms with E-state index in [-0.39, 0.29) is 5.91 Å². The number of hydrogen-bond donors (Lipinski definition) is 0. The number of carbonyl (C=O) groups is 1. The number of hydrogen-bond acceptors (Lipinski definition) is 5. The summed E-state index contributed by atoms with van der Waals surface area (Å²) in [5.41, 5.74) is 3.77. The Morgan fingerprint density at radius 1 is 1.03 bits per heavy atom. The van der Waals surface area contributed by atoms with Crippen LogP contribution in [0.5, 0.6) is 0 Å². The molecule has 1 saturated heterocycles. The van der Waals surface area contributed by atoms with Gasteiger partial charge in [-0.15, -0.1) is 11.8 Å². The Morgan fingerprint density at radius 3 is 2.50 bits per heavy atom. The first kappa shape index (κ1) is 24.8. The van der Waals surface area contributed by atoms with Gasteiger partial charge in [0.05, 0.1) is 16.3 Å². The van der Waals surface area contributed by atoms with Crippen LogP contribution in [0.4, 0.5) is 0 Å². The van der Waals surface area contributed by atoms with Crippen LogP contribution in [-0.4, -0.2) is 37.2 Å². The highest BCUT2D eigenvalue weighted by molar-refractivity contribution is 8.26. The predicted octanol–water partition coefficient (Wildman–Crippen LogP) is 7.43. The fraction of sp³-hybridized carbons (Fsp3) is 0.296. The van der Waals surface area contributed by atoms with Crippen molar-refractivity contribution in [2.24, 2.45) is 0 Å². The van der Waals surface area contributed by atoms with Gasteiger partial charge in [-0.05, 0) is 48.9 Å². The molecule has 1 amide bonds. The molecule has 4 rings (SSSR count). The van der Waals surface area contributed by atoms with Crippen LogP contribution in [0.1, 0.15) is 45.1 Å². The van der Waals surface area contributed by atoms with E-state index < -0.39 is 0 Å². The van der Waals surface area contributed by atoms with Gasteiger partial charge < -0.3 is 0 Å². The van der Waals surface area contributed by atoms with Gasteiger partial charge >= 0.3 is 0 Å². The van der Waals surface area contributed by atoms with Crippen LogP contribution in [0.25, 0.3) is 23.0 Å². The van der Waals surface area contributed by atoms with Gasteiger partial charge in [-0.25, -0.2) is 4.68 Å². The molecule has 1 aliphatic rings. The fourth-order valence-electron chi connectivity index (χ4n) is 3.71. The van der Waals surface area contributed by atoms with E-state index >= 15 is 0 Å². The summed E-state index contributed by atoms with van der Waals surface area (Å²) in [6.45, 7) is 5.03. The SMILES string of the molecule is CCCCCN1C(=O)/C(=C/c2cn(-c3ccccc3)nc2-c2ccc(SCCC)cc2)SC1=S. The summed E-state index contributed by atoms with van der Waals surface area (Å²) in [5, 5.41) is 4.91. The Bertz CT molecular complexity index is 1170. The third kappa shape index (κ3) is 5.82. The molecule has 0 saturated carbocycles. The highest BCUT2D eigenvalue weighted by atomic mass is 32.2. The largest absolute Gasteiger partial charge is 0.293 e. The smallest absolute Gasteiger partial charge is 0.266 e. The lowest BCUT2D eigenvalue weighted by Crippen LogP contribution is -2.28. The highest BCUT2D eigenvalue weighted by Crippen LogP contribution is 2.35. The Hall–Kier alpha value is -2.35. The van der Waals surface area contributed by atoms with Crippen molar-refractivity contribution >= 4 is 52.0 Å². The second-order valence-corrected chi connectivity index (χ2v) is 11.0. The highest BCUT2D eigenvalue weighted by Gasteiger charge is 2.32. The Kier molecular flexibility index (Phi) is 8.64. The molecule has 176 valence electrons. The summed E-state index contributed by atoms with van der Waals surface area (Å²) in [4.78, 5) is 16.8. The second kappa shape index (κ2) is 11.9. The molecule has 0 unspecified atom stereocenters. The van der Waals surface area contributed by atoms with Gasteiger partial charge in [0.15, 0.2) is 0 Å². The zero-order valence-corrected chi connectivity index (χ0v) is 22.0. The number of amides is 1. The van der Waals surface area contributed by atoms with Crippen molar-refractivity contribution in [1.82, 2.24) is 14.7 Å². The second-order valence-electron chi connectivity index (χ2n) is 8.13. The van der Waals surface area contributed by atoms with Crippen molar-refractivity contribution in [1.29, 1.82) is 0 Å². The third-order valence-electron chi connectivity index (χ3n) is 5.51. The van der Waals surface area contributed by atoms with Crippen molar-refractivity contribution in [3.8, 4) is 16.9 Å². The molecule has 0 radical (unpaired) electrons. The van der Waals surface area contributed by atoms with E-state index in [1.165, 1.54) is 16.7 Å². The van der Waals surface area contributed by atoms with E-state index in [0.717, 1.165) is 53.9 Å². The summed E-state index contributed by atoms with van der Waals surface area (Å²) in [5.74, 6) is 1.10. The Balaban J connectivity index is 1.68. The molecule has 1 aliphatic heterocycles. The molecule has 0 aliphatic carbocycles. The van der Waals surface area contributed by atoms with Crippen LogP contribution < -0.4 is 0 Å². The third-order valence-corrected chi connectivity index (χ3v) is 8.10. The number of benzene rings is 2. The first-order chi connectivity index (χ1) is 16.6. The van der Waals surface area contributed by atoms with E-state index in [0.29, 0.717) is 15.8 Å². The molecule has 4 nitrogen and oxygen atoms in total. The quantitative estimate of drug-likeness (QED) is 0.123. The van der Waals surface area contributed by atoms with Crippen LogP contribution in [-0.2, 0) is 4.79 Å². The number of nitrogens with zero attached hydrogens (tertiary/aromatic N) is 3. The monoisotopic (exact) mass is 507 g/mol. The van der Waals surface area contributed by atoms with E-state index in [9.17, 15) is 4.79 Å². The first-order valence-electron chi connectivity index (χ1n) is 11.7. The molecule has 1 fully saturated rings. The van der Waals surface area contributed by atoms with Gasteiger partial charge in [0.25, 0.3) is 5.91 Å². The number of rotatable bonds is 10. The topological polar surface area (TPSA) is 38.1 Å². The van der Waals surface area contributed by atoms with E-state index in [1.807, 2.05) is 59.0 Å². The van der Waals surface area contributed by atoms with Crippen LogP contribution in [0.3, 0.4) is 0 Å². The Labute approximate surface area is 215 Å². The molecule has 0 atom stereocenters. The lowest BCUT2D eigenvalue weighted by Gasteiger charge is -2.13. The molecule has 0 N–H and O–H groups in total. The summed E-state index contributed by atoms with van der Waals surface area (Å²) >= 11 is 8.77. The van der Waals surface area contributed by atoms with E-state index in [1.54, 1.807) is 4.90 Å². The van der Waals surface area contributed by atoms with Crippen molar-refractivity contribution in [3.05, 3.63) is 71.3 Å². The van der Waals surface area contributed by atoms with Gasteiger partial charge in [-0.1, -0.05) is 81.0 Å². The van der Waals surface area contributed by atoms with Crippen LogP contribution in [0.2, 0.25) is 0 Å². The summed E-state index contributed by atoms with van der Waals surface area (Å²) in [7, 11) is 0. The molecule has 2 aromatic carbocycles. The molecule has 0 spiro atoms. The lowest BCUT2D eigenvalue weighted by molar-refractivity contribution is -0.122. The fourth-order valence-corrected chi connectivity index (χ4v) is 5.78. The zero-order chi connectivity index (χ0) is 23.9. The first-order valence-corrected chi connectivity index (χ1v) is 14.0. The van der Waals surface area contributed by atoms with Crippen molar-refractivity contribution in [2.45, 2.75) is 44.4 Å². The number of thiocarbonyl (C=S) groups is 1. The van der Waals surface area contributed by atoms with Crippen LogP contribution >= 0.6 is 35.7 Å². The number of aromatic nitrogens is 2. The molecule has 3 aromatic rings. The van der Waals surface area contributed by atoms with E-state index in [4.69, 9.17) is 17.3 Å². The minimum atomic E-state index is -0.00386. The lowest BCUT2D eigenvalue weighted by atomic mass is 10.1. The Morgan fingerprint density at radius 2 is 1.79 bits per heavy atom. The molecule has 2 heterocycles. The normalized spacial score (nSPS) is 15.0. The predicted molar refractivity (Wildman–Crippen MR) is 149 cm³/mol. The van der Waals surface area contributed by atoms with Crippen LogP contribution in [0, 0.1) is 0 Å². The summed E-state index contributed by atoms with van der Waals surface area (Å²) in [6, 6.07) is 18.6.